The number of amides is 1. The monoisotopic (exact) mass is 337 g/mol. The zero-order valence-corrected chi connectivity index (χ0v) is 15.2. The molecule has 0 spiro atoms. The number of carbonyl (C=O) groups excluding carboxylic acids is 1. The van der Waals surface area contributed by atoms with Crippen LogP contribution in [0.5, 0.6) is 0 Å². The third kappa shape index (κ3) is 2.88. The zero-order chi connectivity index (χ0) is 17.4. The first-order valence-corrected chi connectivity index (χ1v) is 9.52. The Morgan fingerprint density at radius 3 is 2.76 bits per heavy atom. The fourth-order valence-corrected chi connectivity index (χ4v) is 4.28. The minimum Gasteiger partial charge on any atom is -0.341 e. The van der Waals surface area contributed by atoms with E-state index in [2.05, 4.69) is 53.2 Å². The van der Waals surface area contributed by atoms with Crippen molar-refractivity contribution in [3.63, 3.8) is 0 Å². The summed E-state index contributed by atoms with van der Waals surface area (Å²) in [6.07, 6.45) is 7.11. The molecule has 132 valence electrons. The second-order valence-electron chi connectivity index (χ2n) is 7.70. The molecule has 0 unspecified atom stereocenters. The molecule has 1 aromatic heterocycles. The van der Waals surface area contributed by atoms with E-state index < -0.39 is 0 Å². The number of rotatable bonds is 4. The summed E-state index contributed by atoms with van der Waals surface area (Å²) in [5.41, 5.74) is 4.72. The molecule has 2 aliphatic rings. The lowest BCUT2D eigenvalue weighted by Gasteiger charge is -2.35. The van der Waals surface area contributed by atoms with Crippen LogP contribution < -0.4 is 0 Å². The summed E-state index contributed by atoms with van der Waals surface area (Å²) in [6, 6.07) is 8.54. The van der Waals surface area contributed by atoms with Crippen molar-refractivity contribution in [3.05, 3.63) is 52.8 Å². The van der Waals surface area contributed by atoms with Crippen LogP contribution in [-0.4, -0.2) is 34.1 Å². The molecule has 4 nitrogen and oxygen atoms in total. The van der Waals surface area contributed by atoms with Gasteiger partial charge in [0.2, 0.25) is 5.91 Å². The first-order valence-electron chi connectivity index (χ1n) is 9.52. The predicted octanol–water partition coefficient (Wildman–Crippen LogP) is 3.72. The summed E-state index contributed by atoms with van der Waals surface area (Å²) < 4.78 is 0. The molecule has 2 fully saturated rings. The highest BCUT2D eigenvalue weighted by atomic mass is 16.2. The van der Waals surface area contributed by atoms with Gasteiger partial charge < -0.3 is 4.90 Å². The van der Waals surface area contributed by atoms with Crippen LogP contribution in [0.25, 0.3) is 0 Å². The maximum absolute atomic E-state index is 13.3. The maximum Gasteiger partial charge on any atom is 0.233 e. The normalized spacial score (nSPS) is 22.0. The third-order valence-corrected chi connectivity index (χ3v) is 6.01. The Morgan fingerprint density at radius 1 is 1.32 bits per heavy atom. The van der Waals surface area contributed by atoms with Crippen LogP contribution in [0.2, 0.25) is 0 Å². The molecular weight excluding hydrogens is 310 g/mol. The number of carbonyl (C=O) groups is 1. The largest absolute Gasteiger partial charge is 0.341 e. The Balaban J connectivity index is 1.53. The highest BCUT2D eigenvalue weighted by molar-refractivity contribution is 5.91. The number of aromatic nitrogens is 2. The van der Waals surface area contributed by atoms with E-state index in [4.69, 9.17) is 0 Å². The Kier molecular flexibility index (Phi) is 4.14. The SMILES string of the molecule is CCc1cn[nH]c1[C@@H]1CCCN(C(=O)C2(c3ccc(C)cc3)CC2)C1. The topological polar surface area (TPSA) is 49.0 Å². The number of likely N-dealkylation sites (tertiary alicyclic amines) is 1. The molecule has 4 rings (SSSR count). The fraction of sp³-hybridized carbons (Fsp3) is 0.524. The molecule has 1 saturated carbocycles. The van der Waals surface area contributed by atoms with Gasteiger partial charge in [0.1, 0.15) is 0 Å². The molecule has 25 heavy (non-hydrogen) atoms. The maximum atomic E-state index is 13.3. The van der Waals surface area contributed by atoms with E-state index >= 15 is 0 Å². The predicted molar refractivity (Wildman–Crippen MR) is 98.6 cm³/mol. The van der Waals surface area contributed by atoms with Crippen molar-refractivity contribution in [1.82, 2.24) is 15.1 Å². The first kappa shape index (κ1) is 16.4. The second-order valence-corrected chi connectivity index (χ2v) is 7.70. The summed E-state index contributed by atoms with van der Waals surface area (Å²) in [7, 11) is 0. The number of H-pyrrole nitrogens is 1. The smallest absolute Gasteiger partial charge is 0.233 e. The number of nitrogens with one attached hydrogen (secondary N) is 1. The summed E-state index contributed by atoms with van der Waals surface area (Å²) in [5.74, 6) is 0.725. The average molecular weight is 337 g/mol. The lowest BCUT2D eigenvalue weighted by Crippen LogP contribution is -2.44. The Labute approximate surface area is 149 Å². The number of hydrogen-bond donors (Lipinski definition) is 1. The summed E-state index contributed by atoms with van der Waals surface area (Å²) in [5, 5.41) is 7.42. The van der Waals surface area contributed by atoms with Crippen LogP contribution in [0.1, 0.15) is 60.9 Å². The molecule has 0 bridgehead atoms. The molecule has 1 N–H and O–H groups in total. The van der Waals surface area contributed by atoms with Gasteiger partial charge in [0.15, 0.2) is 0 Å². The molecule has 2 aromatic rings. The zero-order valence-electron chi connectivity index (χ0n) is 15.2. The van der Waals surface area contributed by atoms with E-state index in [1.54, 1.807) is 0 Å². The van der Waals surface area contributed by atoms with Gasteiger partial charge in [-0.2, -0.15) is 5.10 Å². The van der Waals surface area contributed by atoms with Crippen molar-refractivity contribution in [2.75, 3.05) is 13.1 Å². The molecule has 1 aliphatic heterocycles. The molecule has 1 saturated heterocycles. The number of piperidine rings is 1. The molecule has 0 radical (unpaired) electrons. The number of nitrogens with zero attached hydrogens (tertiary/aromatic N) is 2. The number of benzene rings is 1. The van der Waals surface area contributed by atoms with Crippen molar-refractivity contribution in [1.29, 1.82) is 0 Å². The standard InChI is InChI=1S/C21H27N3O/c1-3-16-13-22-23-19(16)17-5-4-12-24(14-17)20(25)21(10-11-21)18-8-6-15(2)7-9-18/h6-9,13,17H,3-5,10-12,14H2,1-2H3,(H,22,23)/t17-/m1/s1. The van der Waals surface area contributed by atoms with Gasteiger partial charge in [0, 0.05) is 24.7 Å². The quantitative estimate of drug-likeness (QED) is 0.924. The van der Waals surface area contributed by atoms with E-state index in [0.717, 1.165) is 45.2 Å². The van der Waals surface area contributed by atoms with Gasteiger partial charge in [0.05, 0.1) is 11.6 Å². The van der Waals surface area contributed by atoms with Crippen LogP contribution >= 0.6 is 0 Å². The van der Waals surface area contributed by atoms with Crippen LogP contribution in [0.15, 0.2) is 30.5 Å². The minimum absolute atomic E-state index is 0.253. The number of hydrogen-bond acceptors (Lipinski definition) is 2. The highest BCUT2D eigenvalue weighted by Crippen LogP contribution is 2.50. The molecule has 4 heteroatoms. The highest BCUT2D eigenvalue weighted by Gasteiger charge is 2.53. The van der Waals surface area contributed by atoms with Crippen LogP contribution in [0.3, 0.4) is 0 Å². The van der Waals surface area contributed by atoms with E-state index in [1.807, 2.05) is 6.20 Å². The van der Waals surface area contributed by atoms with Gasteiger partial charge in [-0.15, -0.1) is 0 Å². The van der Waals surface area contributed by atoms with Gasteiger partial charge >= 0.3 is 0 Å². The van der Waals surface area contributed by atoms with Crippen LogP contribution in [0.4, 0.5) is 0 Å². The molecule has 1 atom stereocenters. The summed E-state index contributed by atoms with van der Waals surface area (Å²) in [6.45, 7) is 5.97. The molecule has 1 aromatic carbocycles. The lowest BCUT2D eigenvalue weighted by atomic mass is 9.89. The number of aromatic amines is 1. The van der Waals surface area contributed by atoms with Crippen molar-refractivity contribution in [3.8, 4) is 0 Å². The van der Waals surface area contributed by atoms with E-state index in [-0.39, 0.29) is 5.41 Å². The second kappa shape index (κ2) is 6.32. The van der Waals surface area contributed by atoms with Gasteiger partial charge in [-0.05, 0) is 50.2 Å². The van der Waals surface area contributed by atoms with Crippen molar-refractivity contribution in [2.45, 2.75) is 57.3 Å². The van der Waals surface area contributed by atoms with Gasteiger partial charge in [-0.25, -0.2) is 0 Å². The Morgan fingerprint density at radius 2 is 2.08 bits per heavy atom. The average Bonchev–Trinajstić information content (AvgIpc) is 3.31. The van der Waals surface area contributed by atoms with Gasteiger partial charge in [0.25, 0.3) is 0 Å². The third-order valence-electron chi connectivity index (χ3n) is 6.01. The summed E-state index contributed by atoms with van der Waals surface area (Å²) in [4.78, 5) is 15.4. The molecular formula is C21H27N3O. The minimum atomic E-state index is -0.253. The van der Waals surface area contributed by atoms with E-state index in [0.29, 0.717) is 11.8 Å². The van der Waals surface area contributed by atoms with Crippen LogP contribution in [0, 0.1) is 6.92 Å². The lowest BCUT2D eigenvalue weighted by molar-refractivity contribution is -0.135. The Hall–Kier alpha value is -2.10. The van der Waals surface area contributed by atoms with Crippen LogP contribution in [-0.2, 0) is 16.6 Å². The molecule has 1 amide bonds. The number of aryl methyl sites for hydroxylation is 2. The van der Waals surface area contributed by atoms with Crippen molar-refractivity contribution >= 4 is 5.91 Å². The van der Waals surface area contributed by atoms with Gasteiger partial charge in [-0.1, -0.05) is 36.8 Å². The molecule has 1 aliphatic carbocycles. The fourth-order valence-electron chi connectivity index (χ4n) is 4.28. The van der Waals surface area contributed by atoms with E-state index in [1.165, 1.54) is 22.4 Å². The van der Waals surface area contributed by atoms with Gasteiger partial charge in [-0.3, -0.25) is 9.89 Å². The molecule has 2 heterocycles. The van der Waals surface area contributed by atoms with Crippen molar-refractivity contribution in [2.24, 2.45) is 0 Å². The Bertz CT molecular complexity index is 758. The first-order chi connectivity index (χ1) is 12.1. The summed E-state index contributed by atoms with van der Waals surface area (Å²) >= 11 is 0. The van der Waals surface area contributed by atoms with E-state index in [9.17, 15) is 4.79 Å². The van der Waals surface area contributed by atoms with Crippen molar-refractivity contribution < 1.29 is 4.79 Å².